The van der Waals surface area contributed by atoms with Crippen LogP contribution in [0.5, 0.6) is 5.75 Å². The second-order valence-corrected chi connectivity index (χ2v) is 4.83. The number of benzene rings is 2. The lowest BCUT2D eigenvalue weighted by Crippen LogP contribution is -2.23. The molecule has 2 N–H and O–H groups in total. The van der Waals surface area contributed by atoms with E-state index in [-0.39, 0.29) is 5.91 Å². The summed E-state index contributed by atoms with van der Waals surface area (Å²) in [5.41, 5.74) is 3.53. The van der Waals surface area contributed by atoms with Crippen molar-refractivity contribution in [2.75, 3.05) is 19.5 Å². The molecule has 2 aromatic carbocycles. The predicted molar refractivity (Wildman–Crippen MR) is 84.9 cm³/mol. The Hall–Kier alpha value is -2.49. The number of hydrogen-bond acceptors (Lipinski definition) is 3. The first kappa shape index (κ1) is 14.9. The van der Waals surface area contributed by atoms with Crippen LogP contribution in [0.2, 0.25) is 0 Å². The van der Waals surface area contributed by atoms with Crippen molar-refractivity contribution in [1.29, 1.82) is 0 Å². The summed E-state index contributed by atoms with van der Waals surface area (Å²) < 4.78 is 5.18. The smallest absolute Gasteiger partial charge is 0.253 e. The molecule has 21 heavy (non-hydrogen) atoms. The highest BCUT2D eigenvalue weighted by Crippen LogP contribution is 2.17. The summed E-state index contributed by atoms with van der Waals surface area (Å²) in [6.07, 6.45) is 0. The average Bonchev–Trinajstić information content (AvgIpc) is 2.52. The van der Waals surface area contributed by atoms with Crippen LogP contribution < -0.4 is 15.4 Å². The summed E-state index contributed by atoms with van der Waals surface area (Å²) in [6, 6.07) is 13.4. The molecule has 0 spiro atoms. The lowest BCUT2D eigenvalue weighted by Gasteiger charge is -2.11. The zero-order chi connectivity index (χ0) is 15.2. The van der Waals surface area contributed by atoms with Crippen LogP contribution >= 0.6 is 0 Å². The molecule has 0 bridgehead atoms. The number of ether oxygens (including phenoxy) is 1. The molecule has 4 nitrogen and oxygen atoms in total. The highest BCUT2D eigenvalue weighted by atomic mass is 16.5. The van der Waals surface area contributed by atoms with E-state index in [1.807, 2.05) is 56.4 Å². The van der Waals surface area contributed by atoms with Gasteiger partial charge in [-0.15, -0.1) is 0 Å². The summed E-state index contributed by atoms with van der Waals surface area (Å²) in [6.45, 7) is 2.44. The van der Waals surface area contributed by atoms with Crippen LogP contribution in [0.4, 0.5) is 5.69 Å². The lowest BCUT2D eigenvalue weighted by molar-refractivity contribution is 0.0951. The Balaban J connectivity index is 2.09. The minimum absolute atomic E-state index is 0.0918. The molecule has 0 unspecified atom stereocenters. The van der Waals surface area contributed by atoms with Crippen molar-refractivity contribution < 1.29 is 9.53 Å². The van der Waals surface area contributed by atoms with Gasteiger partial charge in [-0.05, 0) is 36.8 Å². The molecule has 0 aliphatic carbocycles. The zero-order valence-corrected chi connectivity index (χ0v) is 12.6. The van der Waals surface area contributed by atoms with Crippen LogP contribution in [-0.2, 0) is 6.54 Å². The molecule has 0 aromatic heterocycles. The number of nitrogens with one attached hydrogen (secondary N) is 2. The summed E-state index contributed by atoms with van der Waals surface area (Å²) in [7, 11) is 3.44. The molecular weight excluding hydrogens is 264 g/mol. The zero-order valence-electron chi connectivity index (χ0n) is 12.6. The van der Waals surface area contributed by atoms with Gasteiger partial charge < -0.3 is 15.4 Å². The van der Waals surface area contributed by atoms with Crippen LogP contribution in [0, 0.1) is 6.92 Å². The molecule has 110 valence electrons. The minimum atomic E-state index is -0.0918. The Kier molecular flexibility index (Phi) is 4.82. The topological polar surface area (TPSA) is 50.4 Å². The second kappa shape index (κ2) is 6.79. The molecule has 0 heterocycles. The van der Waals surface area contributed by atoms with E-state index >= 15 is 0 Å². The van der Waals surface area contributed by atoms with Gasteiger partial charge in [0.2, 0.25) is 0 Å². The molecular formula is C17H20N2O2. The standard InChI is InChI=1S/C17H20N2O2/c1-12-7-8-16(18-2)15(9-12)17(20)19-11-13-5-4-6-14(10-13)21-3/h4-10,18H,11H2,1-3H3,(H,19,20). The van der Waals surface area contributed by atoms with E-state index < -0.39 is 0 Å². The summed E-state index contributed by atoms with van der Waals surface area (Å²) in [5.74, 6) is 0.694. The van der Waals surface area contributed by atoms with Gasteiger partial charge >= 0.3 is 0 Å². The molecule has 0 saturated heterocycles. The number of methoxy groups -OCH3 is 1. The van der Waals surface area contributed by atoms with E-state index in [9.17, 15) is 4.79 Å². The molecule has 0 radical (unpaired) electrons. The van der Waals surface area contributed by atoms with Gasteiger partial charge in [-0.2, -0.15) is 0 Å². The SMILES string of the molecule is CNc1ccc(C)cc1C(=O)NCc1cccc(OC)c1. The van der Waals surface area contributed by atoms with Gasteiger partial charge in [-0.1, -0.05) is 23.8 Å². The number of hydrogen-bond donors (Lipinski definition) is 2. The number of aryl methyl sites for hydroxylation is 1. The Morgan fingerprint density at radius 2 is 2.00 bits per heavy atom. The van der Waals surface area contributed by atoms with Gasteiger partial charge in [-0.3, -0.25) is 4.79 Å². The largest absolute Gasteiger partial charge is 0.497 e. The highest BCUT2D eigenvalue weighted by Gasteiger charge is 2.10. The molecule has 2 aromatic rings. The van der Waals surface area contributed by atoms with Gasteiger partial charge in [0, 0.05) is 19.3 Å². The molecule has 0 fully saturated rings. The number of amides is 1. The number of carbonyl (C=O) groups excluding carboxylic acids is 1. The van der Waals surface area contributed by atoms with E-state index in [2.05, 4.69) is 10.6 Å². The second-order valence-electron chi connectivity index (χ2n) is 4.83. The van der Waals surface area contributed by atoms with Crippen LogP contribution in [-0.4, -0.2) is 20.1 Å². The normalized spacial score (nSPS) is 10.0. The first-order valence-corrected chi connectivity index (χ1v) is 6.83. The highest BCUT2D eigenvalue weighted by molar-refractivity contribution is 5.99. The summed E-state index contributed by atoms with van der Waals surface area (Å²) >= 11 is 0. The Morgan fingerprint density at radius 3 is 2.71 bits per heavy atom. The molecule has 4 heteroatoms. The number of anilines is 1. The van der Waals surface area contributed by atoms with Gasteiger partial charge in [-0.25, -0.2) is 0 Å². The van der Waals surface area contributed by atoms with Gasteiger partial charge in [0.15, 0.2) is 0 Å². The van der Waals surface area contributed by atoms with Crippen LogP contribution in [0.3, 0.4) is 0 Å². The Labute approximate surface area is 125 Å². The van der Waals surface area contributed by atoms with Crippen molar-refractivity contribution in [3.8, 4) is 5.75 Å². The number of carbonyl (C=O) groups is 1. The number of rotatable bonds is 5. The van der Waals surface area contributed by atoms with E-state index in [0.717, 1.165) is 22.6 Å². The summed E-state index contributed by atoms with van der Waals surface area (Å²) in [5, 5.41) is 5.97. The van der Waals surface area contributed by atoms with Crippen molar-refractivity contribution in [1.82, 2.24) is 5.32 Å². The van der Waals surface area contributed by atoms with E-state index in [1.165, 1.54) is 0 Å². The van der Waals surface area contributed by atoms with Gasteiger partial charge in [0.05, 0.1) is 12.7 Å². The van der Waals surface area contributed by atoms with Crippen molar-refractivity contribution in [2.24, 2.45) is 0 Å². The third-order valence-electron chi connectivity index (χ3n) is 3.28. The third kappa shape index (κ3) is 3.75. The van der Waals surface area contributed by atoms with Crippen LogP contribution in [0.1, 0.15) is 21.5 Å². The molecule has 2 rings (SSSR count). The van der Waals surface area contributed by atoms with Gasteiger partial charge in [0.25, 0.3) is 5.91 Å². The maximum atomic E-state index is 12.3. The molecule has 0 aliphatic heterocycles. The average molecular weight is 284 g/mol. The maximum absolute atomic E-state index is 12.3. The van der Waals surface area contributed by atoms with Gasteiger partial charge in [0.1, 0.15) is 5.75 Å². The van der Waals surface area contributed by atoms with Crippen molar-refractivity contribution in [3.63, 3.8) is 0 Å². The Morgan fingerprint density at radius 1 is 1.19 bits per heavy atom. The molecule has 1 amide bonds. The van der Waals surface area contributed by atoms with Crippen molar-refractivity contribution in [3.05, 3.63) is 59.2 Å². The van der Waals surface area contributed by atoms with E-state index in [4.69, 9.17) is 4.74 Å². The van der Waals surface area contributed by atoms with Crippen molar-refractivity contribution >= 4 is 11.6 Å². The quantitative estimate of drug-likeness (QED) is 0.887. The fraction of sp³-hybridized carbons (Fsp3) is 0.235. The fourth-order valence-corrected chi connectivity index (χ4v) is 2.12. The monoisotopic (exact) mass is 284 g/mol. The first-order valence-electron chi connectivity index (χ1n) is 6.83. The van der Waals surface area contributed by atoms with Crippen molar-refractivity contribution in [2.45, 2.75) is 13.5 Å². The Bertz CT molecular complexity index is 638. The van der Waals surface area contributed by atoms with Crippen LogP contribution in [0.25, 0.3) is 0 Å². The molecule has 0 atom stereocenters. The fourth-order valence-electron chi connectivity index (χ4n) is 2.12. The lowest BCUT2D eigenvalue weighted by atomic mass is 10.1. The third-order valence-corrected chi connectivity index (χ3v) is 3.28. The summed E-state index contributed by atoms with van der Waals surface area (Å²) in [4.78, 5) is 12.3. The minimum Gasteiger partial charge on any atom is -0.497 e. The maximum Gasteiger partial charge on any atom is 0.253 e. The van der Waals surface area contributed by atoms with Crippen LogP contribution in [0.15, 0.2) is 42.5 Å². The van der Waals surface area contributed by atoms with E-state index in [0.29, 0.717) is 12.1 Å². The molecule has 0 saturated carbocycles. The predicted octanol–water partition coefficient (Wildman–Crippen LogP) is 2.98. The van der Waals surface area contributed by atoms with E-state index in [1.54, 1.807) is 7.11 Å². The molecule has 0 aliphatic rings. The first-order chi connectivity index (χ1) is 10.1.